The van der Waals surface area contributed by atoms with Crippen molar-refractivity contribution in [3.63, 3.8) is 0 Å². The van der Waals surface area contributed by atoms with Crippen LogP contribution in [0, 0.1) is 0 Å². The summed E-state index contributed by atoms with van der Waals surface area (Å²) in [6, 6.07) is 0.542. The quantitative estimate of drug-likeness (QED) is 0.473. The van der Waals surface area contributed by atoms with Crippen molar-refractivity contribution < 1.29 is 0 Å². The number of nitrogens with one attached hydrogen (secondary N) is 1. The zero-order valence-electron chi connectivity index (χ0n) is 15.4. The fraction of sp³-hybridized carbons (Fsp3) is 0.778. The molecular weight excluding hydrogens is 290 g/mol. The van der Waals surface area contributed by atoms with Crippen LogP contribution in [0.4, 0.5) is 11.4 Å². The van der Waals surface area contributed by atoms with Crippen molar-refractivity contribution in [1.82, 2.24) is 4.90 Å². The molecule has 0 aromatic heterocycles. The van der Waals surface area contributed by atoms with Crippen LogP contribution in [0.5, 0.6) is 0 Å². The van der Waals surface area contributed by atoms with Gasteiger partial charge in [0.15, 0.2) is 0 Å². The van der Waals surface area contributed by atoms with E-state index >= 15 is 0 Å². The Morgan fingerprint density at radius 1 is 0.957 bits per heavy atom. The van der Waals surface area contributed by atoms with Crippen LogP contribution >= 0.6 is 0 Å². The fourth-order valence-electron chi connectivity index (χ4n) is 2.84. The minimum atomic E-state index is -0.381. The van der Waals surface area contributed by atoms with Gasteiger partial charge in [-0.2, -0.15) is 0 Å². The summed E-state index contributed by atoms with van der Waals surface area (Å²) in [5.41, 5.74) is 0.237. The van der Waals surface area contributed by atoms with Crippen molar-refractivity contribution in [1.29, 1.82) is 0 Å². The first-order chi connectivity index (χ1) is 10.9. The molecule has 0 heterocycles. The number of anilines is 2. The molecule has 132 valence electrons. The number of hydrogen-bond acceptors (Lipinski definition) is 5. The molecule has 1 aromatic rings. The molecule has 0 saturated carbocycles. The first-order valence-corrected chi connectivity index (χ1v) is 8.88. The third-order valence-corrected chi connectivity index (χ3v) is 4.29. The monoisotopic (exact) mass is 323 g/mol. The second-order valence-corrected chi connectivity index (χ2v) is 6.75. The van der Waals surface area contributed by atoms with E-state index in [9.17, 15) is 9.59 Å². The molecule has 0 aliphatic heterocycles. The SMILES string of the molecule is CCCCCCN(CCCNc1c(N(C)C)c(=O)c1=O)C(C)C. The Morgan fingerprint density at radius 3 is 2.17 bits per heavy atom. The Morgan fingerprint density at radius 2 is 1.61 bits per heavy atom. The molecule has 0 spiro atoms. The lowest BCUT2D eigenvalue weighted by atomic mass is 10.1. The van der Waals surface area contributed by atoms with Crippen molar-refractivity contribution in [2.75, 3.05) is 43.9 Å². The average molecular weight is 323 g/mol. The van der Waals surface area contributed by atoms with Gasteiger partial charge in [0.05, 0.1) is 0 Å². The molecule has 1 aromatic carbocycles. The minimum Gasteiger partial charge on any atom is -0.380 e. The predicted octanol–water partition coefficient (Wildman–Crippen LogP) is 2.44. The summed E-state index contributed by atoms with van der Waals surface area (Å²) in [6.45, 7) is 9.57. The van der Waals surface area contributed by atoms with Gasteiger partial charge in [0, 0.05) is 33.2 Å². The lowest BCUT2D eigenvalue weighted by molar-refractivity contribution is 0.216. The maximum Gasteiger partial charge on any atom is 0.253 e. The van der Waals surface area contributed by atoms with Crippen LogP contribution in [0.1, 0.15) is 52.9 Å². The molecular formula is C18H33N3O2. The van der Waals surface area contributed by atoms with Crippen LogP contribution < -0.4 is 21.1 Å². The molecule has 0 aliphatic carbocycles. The molecule has 1 rings (SSSR count). The first-order valence-electron chi connectivity index (χ1n) is 8.88. The van der Waals surface area contributed by atoms with Gasteiger partial charge in [-0.25, -0.2) is 0 Å². The van der Waals surface area contributed by atoms with E-state index in [1.165, 1.54) is 25.7 Å². The van der Waals surface area contributed by atoms with Gasteiger partial charge in [-0.15, -0.1) is 0 Å². The topological polar surface area (TPSA) is 52.6 Å². The highest BCUT2D eigenvalue weighted by atomic mass is 16.2. The van der Waals surface area contributed by atoms with Gasteiger partial charge in [-0.3, -0.25) is 9.59 Å². The van der Waals surface area contributed by atoms with Crippen LogP contribution in [0.3, 0.4) is 0 Å². The van der Waals surface area contributed by atoms with Crippen LogP contribution in [0.2, 0.25) is 0 Å². The second-order valence-electron chi connectivity index (χ2n) is 6.75. The molecule has 0 atom stereocenters. The normalized spacial score (nSPS) is 11.6. The lowest BCUT2D eigenvalue weighted by Gasteiger charge is -2.27. The summed E-state index contributed by atoms with van der Waals surface area (Å²) in [7, 11) is 3.58. The number of rotatable bonds is 12. The Bertz CT molecular complexity index is 530. The van der Waals surface area contributed by atoms with Crippen LogP contribution in [0.25, 0.3) is 0 Å². The van der Waals surface area contributed by atoms with E-state index in [-0.39, 0.29) is 10.9 Å². The molecule has 0 unspecified atom stereocenters. The Balaban J connectivity index is 2.36. The Kier molecular flexibility index (Phi) is 8.31. The Hall–Kier alpha value is -1.36. The summed E-state index contributed by atoms with van der Waals surface area (Å²) >= 11 is 0. The fourth-order valence-corrected chi connectivity index (χ4v) is 2.84. The van der Waals surface area contributed by atoms with Gasteiger partial charge >= 0.3 is 0 Å². The molecule has 0 amide bonds. The number of nitrogens with zero attached hydrogens (tertiary/aromatic N) is 2. The van der Waals surface area contributed by atoms with E-state index in [0.29, 0.717) is 17.4 Å². The Labute approximate surface area is 140 Å². The van der Waals surface area contributed by atoms with E-state index in [1.807, 2.05) is 0 Å². The molecule has 0 saturated heterocycles. The molecule has 1 N–H and O–H groups in total. The largest absolute Gasteiger partial charge is 0.380 e. The minimum absolute atomic E-state index is 0.378. The zero-order chi connectivity index (χ0) is 17.4. The molecule has 5 heteroatoms. The molecule has 5 nitrogen and oxygen atoms in total. The maximum atomic E-state index is 11.6. The summed E-state index contributed by atoms with van der Waals surface area (Å²) in [6.07, 6.45) is 6.10. The highest BCUT2D eigenvalue weighted by Crippen LogP contribution is 2.17. The third kappa shape index (κ3) is 5.65. The van der Waals surface area contributed by atoms with Crippen LogP contribution in [0.15, 0.2) is 9.59 Å². The standard InChI is InChI=1S/C18H33N3O2/c1-6-7-8-9-12-21(14(2)3)13-10-11-19-15-16(20(4)5)18(23)17(15)22/h14,19H,6-13H2,1-5H3. The van der Waals surface area contributed by atoms with Crippen molar-refractivity contribution in [3.05, 3.63) is 20.4 Å². The summed E-state index contributed by atoms with van der Waals surface area (Å²) < 4.78 is 0. The van der Waals surface area contributed by atoms with Gasteiger partial charge in [-0.1, -0.05) is 26.2 Å². The predicted molar refractivity (Wildman–Crippen MR) is 99.6 cm³/mol. The molecule has 23 heavy (non-hydrogen) atoms. The van der Waals surface area contributed by atoms with Gasteiger partial charge < -0.3 is 15.1 Å². The maximum absolute atomic E-state index is 11.6. The number of unbranched alkanes of at least 4 members (excludes halogenated alkanes) is 3. The lowest BCUT2D eigenvalue weighted by Crippen LogP contribution is -2.40. The van der Waals surface area contributed by atoms with E-state index in [1.54, 1.807) is 19.0 Å². The zero-order valence-corrected chi connectivity index (χ0v) is 15.4. The van der Waals surface area contributed by atoms with Gasteiger partial charge in [-0.05, 0) is 33.2 Å². The first kappa shape index (κ1) is 19.7. The van der Waals surface area contributed by atoms with Crippen molar-refractivity contribution >= 4 is 11.4 Å². The van der Waals surface area contributed by atoms with Crippen molar-refractivity contribution in [2.24, 2.45) is 0 Å². The highest BCUT2D eigenvalue weighted by Gasteiger charge is 2.21. The number of hydrogen-bond donors (Lipinski definition) is 1. The van der Waals surface area contributed by atoms with E-state index < -0.39 is 0 Å². The summed E-state index contributed by atoms with van der Waals surface area (Å²) in [4.78, 5) is 27.3. The van der Waals surface area contributed by atoms with E-state index in [2.05, 4.69) is 31.0 Å². The van der Waals surface area contributed by atoms with Gasteiger partial charge in [0.1, 0.15) is 11.4 Å². The molecule has 0 radical (unpaired) electrons. The summed E-state index contributed by atoms with van der Waals surface area (Å²) in [5, 5.41) is 3.14. The molecule has 0 fully saturated rings. The molecule has 0 aliphatic rings. The van der Waals surface area contributed by atoms with Gasteiger partial charge in [0.2, 0.25) is 0 Å². The molecule has 0 bridgehead atoms. The third-order valence-electron chi connectivity index (χ3n) is 4.29. The summed E-state index contributed by atoms with van der Waals surface area (Å²) in [5.74, 6) is 0. The highest BCUT2D eigenvalue weighted by molar-refractivity contribution is 5.74. The van der Waals surface area contributed by atoms with Crippen molar-refractivity contribution in [3.8, 4) is 0 Å². The van der Waals surface area contributed by atoms with E-state index in [0.717, 1.165) is 26.1 Å². The second kappa shape index (κ2) is 9.71. The van der Waals surface area contributed by atoms with Crippen LogP contribution in [-0.4, -0.2) is 44.7 Å². The van der Waals surface area contributed by atoms with Crippen LogP contribution in [-0.2, 0) is 0 Å². The average Bonchev–Trinajstić information content (AvgIpc) is 2.50. The smallest absolute Gasteiger partial charge is 0.253 e. The van der Waals surface area contributed by atoms with E-state index in [4.69, 9.17) is 0 Å². The van der Waals surface area contributed by atoms with Crippen molar-refractivity contribution in [2.45, 2.75) is 58.9 Å². The van der Waals surface area contributed by atoms with Gasteiger partial charge in [0.25, 0.3) is 10.9 Å².